The molecule has 2 aliphatic rings. The highest BCUT2D eigenvalue weighted by Gasteiger charge is 2.13. The predicted octanol–water partition coefficient (Wildman–Crippen LogP) is 0.760. The fourth-order valence-corrected chi connectivity index (χ4v) is 3.30. The number of nitrogens with zero attached hydrogens (tertiary/aromatic N) is 3. The highest BCUT2D eigenvalue weighted by atomic mass is 16.7. The standard InChI is InChI=1S/C19H31N5O2/c1-20-19(22-8-11-24-10-3-9-23(2)12-13-24)21-7-6-16-4-5-17-18(14-16)26-15-25-17/h4-5,14H,3,6-13,15H2,1-2H3,(H2,20,21,22). The molecular formula is C19H31N5O2. The first-order valence-electron chi connectivity index (χ1n) is 9.48. The van der Waals surface area contributed by atoms with Crippen molar-refractivity contribution in [2.45, 2.75) is 12.8 Å². The smallest absolute Gasteiger partial charge is 0.231 e. The van der Waals surface area contributed by atoms with Crippen molar-refractivity contribution in [1.82, 2.24) is 20.4 Å². The number of ether oxygens (including phenoxy) is 2. The van der Waals surface area contributed by atoms with Gasteiger partial charge in [0.15, 0.2) is 17.5 Å². The molecule has 1 aromatic rings. The number of nitrogens with one attached hydrogen (secondary N) is 2. The molecule has 1 aromatic carbocycles. The van der Waals surface area contributed by atoms with Gasteiger partial charge in [0, 0.05) is 39.8 Å². The lowest BCUT2D eigenvalue weighted by molar-refractivity contribution is 0.174. The van der Waals surface area contributed by atoms with Crippen LogP contribution in [0.15, 0.2) is 23.2 Å². The average molecular weight is 361 g/mol. The summed E-state index contributed by atoms with van der Waals surface area (Å²) in [6.07, 6.45) is 2.16. The number of hydrogen-bond donors (Lipinski definition) is 2. The molecule has 0 amide bonds. The maximum absolute atomic E-state index is 5.43. The van der Waals surface area contributed by atoms with E-state index in [9.17, 15) is 0 Å². The molecule has 3 rings (SSSR count). The van der Waals surface area contributed by atoms with Gasteiger partial charge in [-0.2, -0.15) is 0 Å². The first-order valence-corrected chi connectivity index (χ1v) is 9.48. The summed E-state index contributed by atoms with van der Waals surface area (Å²) in [5, 5.41) is 6.80. The predicted molar refractivity (Wildman–Crippen MR) is 104 cm³/mol. The van der Waals surface area contributed by atoms with Crippen LogP contribution in [0.2, 0.25) is 0 Å². The second kappa shape index (κ2) is 9.64. The maximum atomic E-state index is 5.43. The first kappa shape index (κ1) is 18.8. The maximum Gasteiger partial charge on any atom is 0.231 e. The van der Waals surface area contributed by atoms with Crippen molar-refractivity contribution in [3.63, 3.8) is 0 Å². The van der Waals surface area contributed by atoms with E-state index in [-0.39, 0.29) is 0 Å². The van der Waals surface area contributed by atoms with Gasteiger partial charge in [0.1, 0.15) is 0 Å². The van der Waals surface area contributed by atoms with Crippen molar-refractivity contribution < 1.29 is 9.47 Å². The summed E-state index contributed by atoms with van der Waals surface area (Å²) in [4.78, 5) is 9.24. The molecular weight excluding hydrogens is 330 g/mol. The van der Waals surface area contributed by atoms with Gasteiger partial charge in [-0.1, -0.05) is 6.07 Å². The van der Waals surface area contributed by atoms with Gasteiger partial charge in [0.05, 0.1) is 0 Å². The van der Waals surface area contributed by atoms with Gasteiger partial charge in [-0.05, 0) is 50.7 Å². The average Bonchev–Trinajstić information content (AvgIpc) is 3.02. The fraction of sp³-hybridized carbons (Fsp3) is 0.632. The topological polar surface area (TPSA) is 61.4 Å². The Morgan fingerprint density at radius 2 is 1.92 bits per heavy atom. The van der Waals surface area contributed by atoms with Crippen LogP contribution in [-0.4, -0.2) is 82.5 Å². The van der Waals surface area contributed by atoms with E-state index in [2.05, 4.69) is 44.6 Å². The summed E-state index contributed by atoms with van der Waals surface area (Å²) in [6.45, 7) is 7.80. The SMILES string of the molecule is CN=C(NCCc1ccc2c(c1)OCO2)NCCN1CCCN(C)CC1. The molecule has 0 saturated carbocycles. The summed E-state index contributed by atoms with van der Waals surface area (Å²) >= 11 is 0. The van der Waals surface area contributed by atoms with E-state index in [1.807, 2.05) is 13.1 Å². The van der Waals surface area contributed by atoms with Crippen LogP contribution in [0.1, 0.15) is 12.0 Å². The van der Waals surface area contributed by atoms with Crippen LogP contribution >= 0.6 is 0 Å². The van der Waals surface area contributed by atoms with Crippen molar-refractivity contribution in [3.05, 3.63) is 23.8 Å². The molecule has 0 unspecified atom stereocenters. The Bertz CT molecular complexity index is 608. The second-order valence-electron chi connectivity index (χ2n) is 6.86. The summed E-state index contributed by atoms with van der Waals surface area (Å²) in [6, 6.07) is 6.11. The van der Waals surface area contributed by atoms with Crippen LogP contribution in [0.25, 0.3) is 0 Å². The summed E-state index contributed by atoms with van der Waals surface area (Å²) in [5.74, 6) is 2.53. The Balaban J connectivity index is 1.34. The normalized spacial score (nSPS) is 18.6. The van der Waals surface area contributed by atoms with Crippen molar-refractivity contribution in [2.24, 2.45) is 4.99 Å². The zero-order valence-corrected chi connectivity index (χ0v) is 16.0. The zero-order chi connectivity index (χ0) is 18.2. The Kier molecular flexibility index (Phi) is 6.96. The zero-order valence-electron chi connectivity index (χ0n) is 16.0. The Morgan fingerprint density at radius 1 is 1.08 bits per heavy atom. The third-order valence-electron chi connectivity index (χ3n) is 4.90. The van der Waals surface area contributed by atoms with Crippen LogP contribution in [0.4, 0.5) is 0 Å². The molecule has 2 heterocycles. The van der Waals surface area contributed by atoms with E-state index in [0.29, 0.717) is 6.79 Å². The highest BCUT2D eigenvalue weighted by molar-refractivity contribution is 5.79. The number of likely N-dealkylation sites (N-methyl/N-ethyl adjacent to an activating group) is 1. The third kappa shape index (κ3) is 5.51. The molecule has 0 aliphatic carbocycles. The second-order valence-corrected chi connectivity index (χ2v) is 6.86. The number of fused-ring (bicyclic) bond motifs is 1. The number of aliphatic imine (C=N–C) groups is 1. The minimum absolute atomic E-state index is 0.320. The van der Waals surface area contributed by atoms with E-state index in [1.165, 1.54) is 25.1 Å². The minimum Gasteiger partial charge on any atom is -0.454 e. The van der Waals surface area contributed by atoms with Gasteiger partial charge in [-0.3, -0.25) is 4.99 Å². The van der Waals surface area contributed by atoms with E-state index >= 15 is 0 Å². The first-order chi connectivity index (χ1) is 12.7. The van der Waals surface area contributed by atoms with Gasteiger partial charge in [0.25, 0.3) is 0 Å². The number of benzene rings is 1. The quantitative estimate of drug-likeness (QED) is 0.576. The van der Waals surface area contributed by atoms with E-state index in [1.54, 1.807) is 0 Å². The molecule has 1 saturated heterocycles. The molecule has 0 aromatic heterocycles. The molecule has 26 heavy (non-hydrogen) atoms. The van der Waals surface area contributed by atoms with Gasteiger partial charge < -0.3 is 29.9 Å². The van der Waals surface area contributed by atoms with Crippen molar-refractivity contribution in [3.8, 4) is 11.5 Å². The largest absolute Gasteiger partial charge is 0.454 e. The third-order valence-corrected chi connectivity index (χ3v) is 4.90. The van der Waals surface area contributed by atoms with Crippen LogP contribution < -0.4 is 20.1 Å². The van der Waals surface area contributed by atoms with Gasteiger partial charge in [-0.25, -0.2) is 0 Å². The molecule has 7 heteroatoms. The molecule has 0 atom stereocenters. The Morgan fingerprint density at radius 3 is 2.81 bits per heavy atom. The van der Waals surface area contributed by atoms with E-state index in [0.717, 1.165) is 56.6 Å². The highest BCUT2D eigenvalue weighted by Crippen LogP contribution is 2.32. The molecule has 144 valence electrons. The molecule has 1 fully saturated rings. The molecule has 2 aliphatic heterocycles. The van der Waals surface area contributed by atoms with Crippen molar-refractivity contribution in [2.75, 3.05) is 66.7 Å². The number of guanidine groups is 1. The number of rotatable bonds is 6. The van der Waals surface area contributed by atoms with E-state index in [4.69, 9.17) is 9.47 Å². The fourth-order valence-electron chi connectivity index (χ4n) is 3.30. The molecule has 0 radical (unpaired) electrons. The molecule has 7 nitrogen and oxygen atoms in total. The van der Waals surface area contributed by atoms with Crippen LogP contribution in [0.3, 0.4) is 0 Å². The van der Waals surface area contributed by atoms with E-state index < -0.39 is 0 Å². The summed E-state index contributed by atoms with van der Waals surface area (Å²) in [7, 11) is 4.02. The van der Waals surface area contributed by atoms with Crippen LogP contribution in [0.5, 0.6) is 11.5 Å². The molecule has 0 bridgehead atoms. The van der Waals surface area contributed by atoms with Crippen molar-refractivity contribution in [1.29, 1.82) is 0 Å². The lowest BCUT2D eigenvalue weighted by Gasteiger charge is -2.21. The van der Waals surface area contributed by atoms with Crippen LogP contribution in [0, 0.1) is 0 Å². The van der Waals surface area contributed by atoms with Gasteiger partial charge in [-0.15, -0.1) is 0 Å². The lowest BCUT2D eigenvalue weighted by atomic mass is 10.1. The van der Waals surface area contributed by atoms with Gasteiger partial charge in [0.2, 0.25) is 6.79 Å². The minimum atomic E-state index is 0.320. The lowest BCUT2D eigenvalue weighted by Crippen LogP contribution is -2.42. The molecule has 2 N–H and O–H groups in total. The summed E-state index contributed by atoms with van der Waals surface area (Å²) in [5.41, 5.74) is 1.23. The summed E-state index contributed by atoms with van der Waals surface area (Å²) < 4.78 is 10.8. The molecule has 0 spiro atoms. The van der Waals surface area contributed by atoms with Gasteiger partial charge >= 0.3 is 0 Å². The van der Waals surface area contributed by atoms with Crippen molar-refractivity contribution >= 4 is 5.96 Å². The number of hydrogen-bond acceptors (Lipinski definition) is 5. The Hall–Kier alpha value is -1.99. The monoisotopic (exact) mass is 361 g/mol. The Labute approximate surface area is 156 Å². The van der Waals surface area contributed by atoms with Crippen LogP contribution in [-0.2, 0) is 6.42 Å².